The Balaban J connectivity index is 2.00. The van der Waals surface area contributed by atoms with Gasteiger partial charge in [-0.25, -0.2) is 0 Å². The summed E-state index contributed by atoms with van der Waals surface area (Å²) in [7, 11) is 0. The summed E-state index contributed by atoms with van der Waals surface area (Å²) in [5, 5.41) is 0. The topological polar surface area (TPSA) is 0 Å². The molecule has 19 heavy (non-hydrogen) atoms. The first kappa shape index (κ1) is 14.6. The molecule has 0 N–H and O–H groups in total. The van der Waals surface area contributed by atoms with Gasteiger partial charge < -0.3 is 0 Å². The van der Waals surface area contributed by atoms with Gasteiger partial charge in [0, 0.05) is 0 Å². The third-order valence-corrected chi connectivity index (χ3v) is 5.59. The fourth-order valence-corrected chi connectivity index (χ4v) is 3.37. The molecule has 1 aromatic rings. The molecule has 0 heteroatoms. The lowest BCUT2D eigenvalue weighted by atomic mass is 9.62. The van der Waals surface area contributed by atoms with Crippen molar-refractivity contribution in [2.45, 2.75) is 78.1 Å². The van der Waals surface area contributed by atoms with Crippen LogP contribution in [-0.2, 0) is 11.8 Å². The van der Waals surface area contributed by atoms with E-state index in [1.165, 1.54) is 49.7 Å². The fraction of sp³-hybridized carbons (Fsp3) is 0.684. The Bertz CT molecular complexity index is 387. The van der Waals surface area contributed by atoms with Gasteiger partial charge in [-0.1, -0.05) is 64.8 Å². The molecule has 0 heterocycles. The van der Waals surface area contributed by atoms with E-state index in [1.54, 1.807) is 0 Å². The summed E-state index contributed by atoms with van der Waals surface area (Å²) in [6.45, 7) is 9.43. The molecule has 0 unspecified atom stereocenters. The molecular weight excluding hydrogens is 228 g/mol. The molecular formula is C19H30. The summed E-state index contributed by atoms with van der Waals surface area (Å²) in [5.41, 5.74) is 3.98. The van der Waals surface area contributed by atoms with Crippen LogP contribution in [0.15, 0.2) is 24.3 Å². The SMILES string of the molecule is CCc1ccc(C(C)(C)CCC2(CC)CCC2)cc1. The van der Waals surface area contributed by atoms with Crippen molar-refractivity contribution in [1.82, 2.24) is 0 Å². The van der Waals surface area contributed by atoms with Crippen molar-refractivity contribution in [1.29, 1.82) is 0 Å². The lowest BCUT2D eigenvalue weighted by Crippen LogP contribution is -2.31. The van der Waals surface area contributed by atoms with Crippen molar-refractivity contribution >= 4 is 0 Å². The predicted octanol–water partition coefficient (Wildman–Crippen LogP) is 5.89. The van der Waals surface area contributed by atoms with Crippen LogP contribution in [0.2, 0.25) is 0 Å². The molecule has 1 aliphatic carbocycles. The maximum Gasteiger partial charge on any atom is -0.0103 e. The van der Waals surface area contributed by atoms with Crippen molar-refractivity contribution in [2.75, 3.05) is 0 Å². The van der Waals surface area contributed by atoms with E-state index in [0.29, 0.717) is 10.8 Å². The minimum absolute atomic E-state index is 0.323. The van der Waals surface area contributed by atoms with Gasteiger partial charge in [0.2, 0.25) is 0 Å². The average Bonchev–Trinajstić information content (AvgIpc) is 2.38. The Morgan fingerprint density at radius 1 is 1.05 bits per heavy atom. The maximum absolute atomic E-state index is 2.41. The summed E-state index contributed by atoms with van der Waals surface area (Å²) in [6.07, 6.45) is 9.64. The molecule has 0 spiro atoms. The monoisotopic (exact) mass is 258 g/mol. The summed E-state index contributed by atoms with van der Waals surface area (Å²) in [6, 6.07) is 9.29. The lowest BCUT2D eigenvalue weighted by Gasteiger charge is -2.43. The van der Waals surface area contributed by atoms with Crippen molar-refractivity contribution in [3.63, 3.8) is 0 Å². The van der Waals surface area contributed by atoms with E-state index >= 15 is 0 Å². The largest absolute Gasteiger partial charge is 0.0649 e. The minimum atomic E-state index is 0.323. The smallest absolute Gasteiger partial charge is 0.0103 e. The zero-order chi connectivity index (χ0) is 13.9. The van der Waals surface area contributed by atoms with E-state index in [9.17, 15) is 0 Å². The molecule has 0 amide bonds. The highest BCUT2D eigenvalue weighted by Gasteiger charge is 2.36. The standard InChI is InChI=1S/C19H30/c1-5-16-8-10-17(11-9-16)18(3,4)14-15-19(6-2)12-7-13-19/h8-11H,5-7,12-15H2,1-4H3. The molecule has 1 aromatic carbocycles. The van der Waals surface area contributed by atoms with Crippen LogP contribution < -0.4 is 0 Å². The second kappa shape index (κ2) is 5.69. The Hall–Kier alpha value is -0.780. The first-order valence-electron chi connectivity index (χ1n) is 8.11. The number of aryl methyl sites for hydroxylation is 1. The second-order valence-corrected chi connectivity index (χ2v) is 7.14. The van der Waals surface area contributed by atoms with Gasteiger partial charge in [0.05, 0.1) is 0 Å². The van der Waals surface area contributed by atoms with Gasteiger partial charge in [0.1, 0.15) is 0 Å². The summed E-state index contributed by atoms with van der Waals surface area (Å²) in [4.78, 5) is 0. The zero-order valence-electron chi connectivity index (χ0n) is 13.3. The van der Waals surface area contributed by atoms with Gasteiger partial charge in [0.15, 0.2) is 0 Å². The zero-order valence-corrected chi connectivity index (χ0v) is 13.3. The van der Waals surface area contributed by atoms with Gasteiger partial charge >= 0.3 is 0 Å². The molecule has 1 aliphatic rings. The van der Waals surface area contributed by atoms with Crippen LogP contribution in [0.1, 0.15) is 77.3 Å². The Kier molecular flexibility index (Phi) is 4.38. The van der Waals surface area contributed by atoms with Crippen molar-refractivity contribution in [2.24, 2.45) is 5.41 Å². The summed E-state index contributed by atoms with van der Waals surface area (Å²) in [5.74, 6) is 0. The van der Waals surface area contributed by atoms with Gasteiger partial charge in [-0.05, 0) is 54.1 Å². The summed E-state index contributed by atoms with van der Waals surface area (Å²) >= 11 is 0. The molecule has 0 nitrogen and oxygen atoms in total. The lowest BCUT2D eigenvalue weighted by molar-refractivity contribution is 0.101. The summed E-state index contributed by atoms with van der Waals surface area (Å²) < 4.78 is 0. The minimum Gasteiger partial charge on any atom is -0.0649 e. The Labute approximate surface area is 119 Å². The number of hydrogen-bond donors (Lipinski definition) is 0. The first-order valence-corrected chi connectivity index (χ1v) is 8.11. The van der Waals surface area contributed by atoms with E-state index < -0.39 is 0 Å². The van der Waals surface area contributed by atoms with Gasteiger partial charge in [-0.2, -0.15) is 0 Å². The van der Waals surface area contributed by atoms with Gasteiger partial charge in [0.25, 0.3) is 0 Å². The third-order valence-electron chi connectivity index (χ3n) is 5.59. The highest BCUT2D eigenvalue weighted by molar-refractivity contribution is 5.28. The Morgan fingerprint density at radius 2 is 1.68 bits per heavy atom. The highest BCUT2D eigenvalue weighted by Crippen LogP contribution is 2.49. The van der Waals surface area contributed by atoms with Crippen LogP contribution in [0.3, 0.4) is 0 Å². The third kappa shape index (κ3) is 3.22. The fourth-order valence-electron chi connectivity index (χ4n) is 3.37. The quantitative estimate of drug-likeness (QED) is 0.597. The molecule has 1 fully saturated rings. The van der Waals surface area contributed by atoms with Crippen LogP contribution in [0.25, 0.3) is 0 Å². The van der Waals surface area contributed by atoms with Crippen LogP contribution >= 0.6 is 0 Å². The van der Waals surface area contributed by atoms with Crippen molar-refractivity contribution in [3.05, 3.63) is 35.4 Å². The molecule has 0 bridgehead atoms. The number of benzene rings is 1. The van der Waals surface area contributed by atoms with E-state index in [2.05, 4.69) is 52.0 Å². The van der Waals surface area contributed by atoms with E-state index in [1.807, 2.05) is 0 Å². The maximum atomic E-state index is 2.41. The molecule has 1 saturated carbocycles. The van der Waals surface area contributed by atoms with Crippen LogP contribution in [0.5, 0.6) is 0 Å². The van der Waals surface area contributed by atoms with Crippen LogP contribution in [0, 0.1) is 5.41 Å². The van der Waals surface area contributed by atoms with E-state index in [4.69, 9.17) is 0 Å². The molecule has 0 atom stereocenters. The molecule has 0 aliphatic heterocycles. The van der Waals surface area contributed by atoms with E-state index in [-0.39, 0.29) is 0 Å². The number of hydrogen-bond acceptors (Lipinski definition) is 0. The normalized spacial score (nSPS) is 18.1. The Morgan fingerprint density at radius 3 is 2.11 bits per heavy atom. The van der Waals surface area contributed by atoms with E-state index in [0.717, 1.165) is 6.42 Å². The molecule has 106 valence electrons. The van der Waals surface area contributed by atoms with Crippen molar-refractivity contribution in [3.8, 4) is 0 Å². The average molecular weight is 258 g/mol. The second-order valence-electron chi connectivity index (χ2n) is 7.14. The highest BCUT2D eigenvalue weighted by atomic mass is 14.4. The van der Waals surface area contributed by atoms with Gasteiger partial charge in [-0.15, -0.1) is 0 Å². The number of rotatable bonds is 6. The van der Waals surface area contributed by atoms with Crippen molar-refractivity contribution < 1.29 is 0 Å². The predicted molar refractivity (Wildman–Crippen MR) is 84.7 cm³/mol. The van der Waals surface area contributed by atoms with Crippen LogP contribution in [-0.4, -0.2) is 0 Å². The molecule has 0 saturated heterocycles. The first-order chi connectivity index (χ1) is 9.01. The van der Waals surface area contributed by atoms with Crippen LogP contribution in [0.4, 0.5) is 0 Å². The molecule has 0 aromatic heterocycles. The molecule has 2 rings (SSSR count). The molecule has 0 radical (unpaired) electrons. The van der Waals surface area contributed by atoms with Gasteiger partial charge in [-0.3, -0.25) is 0 Å².